The highest BCUT2D eigenvalue weighted by Crippen LogP contribution is 2.50. The molecule has 6 amide bonds. The van der Waals surface area contributed by atoms with E-state index in [-0.39, 0.29) is 24.6 Å². The maximum Gasteiger partial charge on any atom is 0.408 e. The van der Waals surface area contributed by atoms with E-state index in [0.717, 1.165) is 34.7 Å². The molecule has 4 fully saturated rings. The minimum Gasteiger partial charge on any atom is -0.444 e. The molecule has 0 bridgehead atoms. The highest BCUT2D eigenvalue weighted by molar-refractivity contribution is 6.29. The molecule has 216 valence electrons. The Balaban J connectivity index is 1.40. The Bertz CT molecular complexity index is 1250. The number of carbonyl (C=O) groups is 5. The van der Waals surface area contributed by atoms with Gasteiger partial charge in [0, 0.05) is 17.8 Å². The van der Waals surface area contributed by atoms with Crippen LogP contribution < -0.4 is 10.2 Å². The van der Waals surface area contributed by atoms with Crippen molar-refractivity contribution in [2.75, 3.05) is 4.90 Å². The maximum atomic E-state index is 14.0. The van der Waals surface area contributed by atoms with Crippen molar-refractivity contribution in [3.8, 4) is 0 Å². The number of anilines is 1. The minimum absolute atomic E-state index is 0.136. The third-order valence-corrected chi connectivity index (χ3v) is 7.92. The molecule has 3 atom stereocenters. The number of nitrogens with one attached hydrogen (secondary N) is 1. The highest BCUT2D eigenvalue weighted by atomic mass is 19.3. The average molecular weight is 562 g/mol. The lowest BCUT2D eigenvalue weighted by Gasteiger charge is -2.36. The second-order valence-corrected chi connectivity index (χ2v) is 11.9. The van der Waals surface area contributed by atoms with Gasteiger partial charge in [0.2, 0.25) is 5.91 Å². The van der Waals surface area contributed by atoms with E-state index in [9.17, 15) is 32.8 Å². The SMILES string of the molecule is CC(C)(C)OC(=O)N[C@H]1CCCC[C@H]2CC[C@@H](C(=O)N3C(=O)N(c4cncc(C(F)F)c4)C(=O)C34CC4)N2C1=O. The van der Waals surface area contributed by atoms with E-state index in [2.05, 4.69) is 10.3 Å². The van der Waals surface area contributed by atoms with Crippen molar-refractivity contribution < 1.29 is 37.5 Å². The number of imide groups is 2. The fourth-order valence-corrected chi connectivity index (χ4v) is 5.96. The number of nitrogens with zero attached hydrogens (tertiary/aromatic N) is 4. The van der Waals surface area contributed by atoms with Crippen LogP contribution in [0.1, 0.15) is 84.1 Å². The standard InChI is InChI=1S/C27H33F2N5O6/c1-26(2,3)40-24(38)31-18-7-5-4-6-16-8-9-19(32(16)21(18)35)22(36)34-25(39)33(23(37)27(34)10-11-27)17-12-15(20(28)29)13-30-14-17/h12-14,16,18-20H,4-11H2,1-3H3,(H,31,38)/t16-,18-,19-/m0/s1. The number of amides is 6. The van der Waals surface area contributed by atoms with Gasteiger partial charge in [-0.3, -0.25) is 19.4 Å². The first-order valence-corrected chi connectivity index (χ1v) is 13.6. The Hall–Kier alpha value is -3.64. The first-order valence-electron chi connectivity index (χ1n) is 13.6. The summed E-state index contributed by atoms with van der Waals surface area (Å²) < 4.78 is 31.9. The minimum atomic E-state index is -2.86. The predicted molar refractivity (Wildman–Crippen MR) is 136 cm³/mol. The summed E-state index contributed by atoms with van der Waals surface area (Å²) in [6.45, 7) is 5.13. The number of alkyl halides is 2. The van der Waals surface area contributed by atoms with Crippen molar-refractivity contribution in [1.82, 2.24) is 20.1 Å². The molecule has 4 aliphatic rings. The summed E-state index contributed by atoms with van der Waals surface area (Å²) in [4.78, 5) is 74.1. The molecule has 0 unspecified atom stereocenters. The first-order chi connectivity index (χ1) is 18.8. The monoisotopic (exact) mass is 561 g/mol. The average Bonchev–Trinajstić information content (AvgIpc) is 3.50. The summed E-state index contributed by atoms with van der Waals surface area (Å²) in [7, 11) is 0. The van der Waals surface area contributed by atoms with Crippen LogP contribution in [0.5, 0.6) is 0 Å². The van der Waals surface area contributed by atoms with Crippen LogP contribution in [-0.2, 0) is 19.1 Å². The fraction of sp³-hybridized carbons (Fsp3) is 0.630. The Labute approximate surface area is 230 Å². The summed E-state index contributed by atoms with van der Waals surface area (Å²) in [6.07, 6.45) is 2.34. The van der Waals surface area contributed by atoms with Crippen LogP contribution in [0, 0.1) is 0 Å². The molecule has 3 saturated heterocycles. The van der Waals surface area contributed by atoms with E-state index in [1.54, 1.807) is 20.8 Å². The van der Waals surface area contributed by atoms with Crippen molar-refractivity contribution in [2.45, 2.75) is 108 Å². The van der Waals surface area contributed by atoms with Gasteiger partial charge in [-0.2, -0.15) is 0 Å². The second-order valence-electron chi connectivity index (χ2n) is 11.9. The molecule has 13 heteroatoms. The summed E-state index contributed by atoms with van der Waals surface area (Å²) in [5, 5.41) is 2.65. The van der Waals surface area contributed by atoms with Gasteiger partial charge in [-0.15, -0.1) is 0 Å². The lowest BCUT2D eigenvalue weighted by Crippen LogP contribution is -2.58. The third-order valence-electron chi connectivity index (χ3n) is 7.92. The van der Waals surface area contributed by atoms with Gasteiger partial charge in [0.1, 0.15) is 23.2 Å². The van der Waals surface area contributed by atoms with Crippen molar-refractivity contribution >= 4 is 35.5 Å². The number of carbonyl (C=O) groups excluding carboxylic acids is 5. The first kappa shape index (κ1) is 27.9. The van der Waals surface area contributed by atoms with Crippen LogP contribution >= 0.6 is 0 Å². The molecule has 3 aliphatic heterocycles. The molecule has 4 heterocycles. The lowest BCUT2D eigenvalue weighted by atomic mass is 9.99. The van der Waals surface area contributed by atoms with Crippen molar-refractivity contribution in [1.29, 1.82) is 0 Å². The van der Waals surface area contributed by atoms with Gasteiger partial charge in [-0.05, 0) is 65.4 Å². The molecule has 11 nitrogen and oxygen atoms in total. The number of aromatic nitrogens is 1. The summed E-state index contributed by atoms with van der Waals surface area (Å²) >= 11 is 0. The van der Waals surface area contributed by atoms with Gasteiger partial charge in [-0.25, -0.2) is 28.2 Å². The quantitative estimate of drug-likeness (QED) is 0.556. The fourth-order valence-electron chi connectivity index (χ4n) is 5.96. The van der Waals surface area contributed by atoms with Gasteiger partial charge >= 0.3 is 12.1 Å². The van der Waals surface area contributed by atoms with E-state index >= 15 is 0 Å². The molecule has 1 spiro atoms. The zero-order valence-electron chi connectivity index (χ0n) is 22.7. The molecular weight excluding hydrogens is 528 g/mol. The number of halogens is 2. The number of ether oxygens (including phenoxy) is 1. The zero-order valence-corrected chi connectivity index (χ0v) is 22.7. The van der Waals surface area contributed by atoms with Crippen molar-refractivity contribution in [3.63, 3.8) is 0 Å². The van der Waals surface area contributed by atoms with E-state index < -0.39 is 65.1 Å². The molecule has 40 heavy (non-hydrogen) atoms. The number of alkyl carbamates (subject to hydrolysis) is 1. The number of fused-ring (bicyclic) bond motifs is 1. The Morgan fingerprint density at radius 2 is 1.77 bits per heavy atom. The Morgan fingerprint density at radius 3 is 2.42 bits per heavy atom. The number of hydrogen-bond donors (Lipinski definition) is 1. The molecule has 1 N–H and O–H groups in total. The summed E-state index contributed by atoms with van der Waals surface area (Å²) in [5.41, 5.74) is -2.75. The molecule has 5 rings (SSSR count). The van der Waals surface area contributed by atoms with Crippen LogP contribution in [0.4, 0.5) is 24.1 Å². The number of urea groups is 1. The van der Waals surface area contributed by atoms with E-state index in [0.29, 0.717) is 32.1 Å². The highest BCUT2D eigenvalue weighted by Gasteiger charge is 2.68. The molecule has 0 radical (unpaired) electrons. The topological polar surface area (TPSA) is 129 Å². The van der Waals surface area contributed by atoms with Gasteiger partial charge in [0.25, 0.3) is 18.2 Å². The van der Waals surface area contributed by atoms with Crippen LogP contribution in [0.15, 0.2) is 18.5 Å². The van der Waals surface area contributed by atoms with Gasteiger partial charge < -0.3 is 15.0 Å². The van der Waals surface area contributed by atoms with Crippen LogP contribution in [0.2, 0.25) is 0 Å². The number of rotatable bonds is 4. The molecule has 1 aromatic rings. The van der Waals surface area contributed by atoms with Gasteiger partial charge in [0.15, 0.2) is 0 Å². The Kier molecular flexibility index (Phi) is 7.03. The Morgan fingerprint density at radius 1 is 1.07 bits per heavy atom. The van der Waals surface area contributed by atoms with Gasteiger partial charge in [0.05, 0.1) is 11.9 Å². The molecule has 1 aliphatic carbocycles. The van der Waals surface area contributed by atoms with E-state index in [1.807, 2.05) is 0 Å². The summed E-state index contributed by atoms with van der Waals surface area (Å²) in [6, 6.07) is -2.09. The molecule has 1 aromatic heterocycles. The smallest absolute Gasteiger partial charge is 0.408 e. The molecule has 0 aromatic carbocycles. The van der Waals surface area contributed by atoms with Gasteiger partial charge in [-0.1, -0.05) is 12.8 Å². The van der Waals surface area contributed by atoms with Crippen LogP contribution in [0.3, 0.4) is 0 Å². The van der Waals surface area contributed by atoms with Crippen LogP contribution in [-0.4, -0.2) is 73.9 Å². The predicted octanol–water partition coefficient (Wildman–Crippen LogP) is 3.67. The maximum absolute atomic E-state index is 14.0. The van der Waals surface area contributed by atoms with Crippen molar-refractivity contribution in [2.24, 2.45) is 0 Å². The second kappa shape index (κ2) is 10.1. The number of pyridine rings is 1. The molecular formula is C27H33F2N5O6. The summed E-state index contributed by atoms with van der Waals surface area (Å²) in [5.74, 6) is -1.78. The van der Waals surface area contributed by atoms with E-state index in [4.69, 9.17) is 4.74 Å². The lowest BCUT2D eigenvalue weighted by molar-refractivity contribution is -0.147. The largest absolute Gasteiger partial charge is 0.444 e. The normalized spacial score (nSPS) is 26.2. The van der Waals surface area contributed by atoms with Crippen LogP contribution in [0.25, 0.3) is 0 Å². The third kappa shape index (κ3) is 4.90. The zero-order chi connectivity index (χ0) is 29.0. The van der Waals surface area contributed by atoms with Crippen molar-refractivity contribution in [3.05, 3.63) is 24.0 Å². The molecule has 1 saturated carbocycles. The number of hydrogen-bond acceptors (Lipinski definition) is 7. The van der Waals surface area contributed by atoms with E-state index in [1.165, 1.54) is 4.90 Å².